The van der Waals surface area contributed by atoms with Crippen LogP contribution >= 0.6 is 15.9 Å². The highest BCUT2D eigenvalue weighted by atomic mass is 79.9. The van der Waals surface area contributed by atoms with Crippen molar-refractivity contribution in [3.05, 3.63) is 22.4 Å². The number of nitrogens with zero attached hydrogens (tertiary/aromatic N) is 1. The van der Waals surface area contributed by atoms with Gasteiger partial charge in [0.15, 0.2) is 0 Å². The average Bonchev–Trinajstić information content (AvgIpc) is 2.95. The Morgan fingerprint density at radius 3 is 2.94 bits per heavy atom. The van der Waals surface area contributed by atoms with Crippen LogP contribution < -0.4 is 0 Å². The second-order valence-electron chi connectivity index (χ2n) is 4.39. The number of H-pyrrole nitrogens is 1. The van der Waals surface area contributed by atoms with Crippen molar-refractivity contribution in [1.29, 1.82) is 0 Å². The SMILES string of the molecule is COC[C@@H]1C[C@@H](OC)CN1C(=O)c1cc(Br)c[nH]1. The van der Waals surface area contributed by atoms with Crippen LogP contribution in [0.3, 0.4) is 0 Å². The van der Waals surface area contributed by atoms with Crippen LogP contribution in [-0.2, 0) is 9.47 Å². The van der Waals surface area contributed by atoms with Gasteiger partial charge >= 0.3 is 0 Å². The summed E-state index contributed by atoms with van der Waals surface area (Å²) in [7, 11) is 3.32. The van der Waals surface area contributed by atoms with E-state index in [1.54, 1.807) is 26.5 Å². The summed E-state index contributed by atoms with van der Waals surface area (Å²) in [5.41, 5.74) is 0.583. The molecule has 0 radical (unpaired) electrons. The van der Waals surface area contributed by atoms with Crippen LogP contribution in [0.4, 0.5) is 0 Å². The summed E-state index contributed by atoms with van der Waals surface area (Å²) in [4.78, 5) is 17.1. The molecule has 1 saturated heterocycles. The van der Waals surface area contributed by atoms with Crippen molar-refractivity contribution < 1.29 is 14.3 Å². The van der Waals surface area contributed by atoms with Gasteiger partial charge in [0, 0.05) is 31.4 Å². The molecular formula is C12H17BrN2O3. The van der Waals surface area contributed by atoms with Crippen molar-refractivity contribution >= 4 is 21.8 Å². The number of carbonyl (C=O) groups excluding carboxylic acids is 1. The van der Waals surface area contributed by atoms with Crippen LogP contribution in [0, 0.1) is 0 Å². The lowest BCUT2D eigenvalue weighted by atomic mass is 10.2. The van der Waals surface area contributed by atoms with E-state index in [-0.39, 0.29) is 18.1 Å². The number of aromatic amines is 1. The number of methoxy groups -OCH3 is 2. The van der Waals surface area contributed by atoms with Crippen molar-refractivity contribution in [2.24, 2.45) is 0 Å². The third-order valence-corrected chi connectivity index (χ3v) is 3.67. The van der Waals surface area contributed by atoms with Gasteiger partial charge in [-0.05, 0) is 28.4 Å². The van der Waals surface area contributed by atoms with Gasteiger partial charge in [-0.3, -0.25) is 4.79 Å². The number of rotatable bonds is 4. The van der Waals surface area contributed by atoms with E-state index in [9.17, 15) is 4.79 Å². The summed E-state index contributed by atoms with van der Waals surface area (Å²) >= 11 is 3.33. The minimum Gasteiger partial charge on any atom is -0.383 e. The summed E-state index contributed by atoms with van der Waals surface area (Å²) in [6.07, 6.45) is 2.66. The maximum absolute atomic E-state index is 12.4. The van der Waals surface area contributed by atoms with Gasteiger partial charge in [-0.1, -0.05) is 0 Å². The molecule has 0 bridgehead atoms. The van der Waals surface area contributed by atoms with Crippen LogP contribution in [0.2, 0.25) is 0 Å². The topological polar surface area (TPSA) is 54.6 Å². The zero-order valence-corrected chi connectivity index (χ0v) is 12.1. The van der Waals surface area contributed by atoms with E-state index in [4.69, 9.17) is 9.47 Å². The Hall–Kier alpha value is -0.850. The Labute approximate surface area is 115 Å². The Morgan fingerprint density at radius 2 is 2.39 bits per heavy atom. The van der Waals surface area contributed by atoms with Gasteiger partial charge in [-0.15, -0.1) is 0 Å². The molecule has 1 N–H and O–H groups in total. The fourth-order valence-corrected chi connectivity index (χ4v) is 2.63. The number of nitrogens with one attached hydrogen (secondary N) is 1. The minimum absolute atomic E-state index is 0.0118. The largest absolute Gasteiger partial charge is 0.383 e. The highest BCUT2D eigenvalue weighted by Gasteiger charge is 2.36. The van der Waals surface area contributed by atoms with Gasteiger partial charge in [0.2, 0.25) is 0 Å². The molecular weight excluding hydrogens is 300 g/mol. The second kappa shape index (κ2) is 5.86. The molecule has 1 aliphatic heterocycles. The molecule has 0 spiro atoms. The normalized spacial score (nSPS) is 23.6. The zero-order chi connectivity index (χ0) is 13.1. The number of halogens is 1. The van der Waals surface area contributed by atoms with E-state index in [2.05, 4.69) is 20.9 Å². The van der Waals surface area contributed by atoms with Crippen LogP contribution in [0.25, 0.3) is 0 Å². The van der Waals surface area contributed by atoms with Crippen molar-refractivity contribution in [3.8, 4) is 0 Å². The summed E-state index contributed by atoms with van der Waals surface area (Å²) in [6, 6.07) is 1.86. The van der Waals surface area contributed by atoms with Gasteiger partial charge < -0.3 is 19.4 Å². The van der Waals surface area contributed by atoms with Crippen molar-refractivity contribution in [1.82, 2.24) is 9.88 Å². The minimum atomic E-state index is -0.0118. The molecule has 1 fully saturated rings. The molecule has 0 aromatic carbocycles. The van der Waals surface area contributed by atoms with Gasteiger partial charge in [0.1, 0.15) is 5.69 Å². The highest BCUT2D eigenvalue weighted by molar-refractivity contribution is 9.10. The van der Waals surface area contributed by atoms with Gasteiger partial charge in [-0.25, -0.2) is 0 Å². The van der Waals surface area contributed by atoms with Gasteiger partial charge in [0.25, 0.3) is 5.91 Å². The molecule has 2 atom stereocenters. The molecule has 6 heteroatoms. The van der Waals surface area contributed by atoms with E-state index in [0.717, 1.165) is 10.9 Å². The maximum atomic E-state index is 12.4. The first-order valence-electron chi connectivity index (χ1n) is 5.82. The summed E-state index contributed by atoms with van der Waals surface area (Å²) < 4.78 is 11.4. The number of amides is 1. The first-order chi connectivity index (χ1) is 8.65. The molecule has 0 saturated carbocycles. The molecule has 2 heterocycles. The van der Waals surface area contributed by atoms with E-state index >= 15 is 0 Å². The monoisotopic (exact) mass is 316 g/mol. The molecule has 1 aromatic rings. The first kappa shape index (κ1) is 13.6. The molecule has 1 amide bonds. The predicted molar refractivity (Wildman–Crippen MR) is 70.6 cm³/mol. The van der Waals surface area contributed by atoms with Crippen molar-refractivity contribution in [2.45, 2.75) is 18.6 Å². The molecule has 2 rings (SSSR count). The third kappa shape index (κ3) is 2.76. The highest BCUT2D eigenvalue weighted by Crippen LogP contribution is 2.23. The fraction of sp³-hybridized carbons (Fsp3) is 0.583. The van der Waals surface area contributed by atoms with E-state index in [1.807, 2.05) is 4.90 Å². The lowest BCUT2D eigenvalue weighted by Gasteiger charge is -2.23. The standard InChI is InChI=1S/C12H17BrN2O3/c1-17-7-9-4-10(18-2)6-15(9)12(16)11-3-8(13)5-14-11/h3,5,9-10,14H,4,6-7H2,1-2H3/t9-,10+/m0/s1. The molecule has 100 valence electrons. The molecule has 0 unspecified atom stereocenters. The zero-order valence-electron chi connectivity index (χ0n) is 10.5. The smallest absolute Gasteiger partial charge is 0.270 e. The fourth-order valence-electron chi connectivity index (χ4n) is 2.29. The average molecular weight is 317 g/mol. The molecule has 1 aromatic heterocycles. The number of hydrogen-bond acceptors (Lipinski definition) is 3. The van der Waals surface area contributed by atoms with E-state index in [1.165, 1.54) is 0 Å². The van der Waals surface area contributed by atoms with Crippen LogP contribution in [0.5, 0.6) is 0 Å². The first-order valence-corrected chi connectivity index (χ1v) is 6.61. The molecule has 1 aliphatic rings. The lowest BCUT2D eigenvalue weighted by Crippen LogP contribution is -2.38. The third-order valence-electron chi connectivity index (χ3n) is 3.21. The number of ether oxygens (including phenoxy) is 2. The number of carbonyl (C=O) groups is 1. The Kier molecular flexibility index (Phi) is 4.42. The molecule has 18 heavy (non-hydrogen) atoms. The molecule has 5 nitrogen and oxygen atoms in total. The van der Waals surface area contributed by atoms with Crippen LogP contribution in [0.15, 0.2) is 16.7 Å². The van der Waals surface area contributed by atoms with E-state index < -0.39 is 0 Å². The number of hydrogen-bond donors (Lipinski definition) is 1. The van der Waals surface area contributed by atoms with Crippen LogP contribution in [-0.4, -0.2) is 55.3 Å². The Morgan fingerprint density at radius 1 is 1.61 bits per heavy atom. The predicted octanol–water partition coefficient (Wildman–Crippen LogP) is 1.65. The van der Waals surface area contributed by atoms with Crippen LogP contribution in [0.1, 0.15) is 16.9 Å². The summed E-state index contributed by atoms with van der Waals surface area (Å²) in [5.74, 6) is -0.0118. The summed E-state index contributed by atoms with van der Waals surface area (Å²) in [5, 5.41) is 0. The lowest BCUT2D eigenvalue weighted by molar-refractivity contribution is 0.0607. The molecule has 0 aliphatic carbocycles. The van der Waals surface area contributed by atoms with Crippen molar-refractivity contribution in [2.75, 3.05) is 27.4 Å². The number of aromatic nitrogens is 1. The summed E-state index contributed by atoms with van der Waals surface area (Å²) in [6.45, 7) is 1.15. The Balaban J connectivity index is 2.12. The van der Waals surface area contributed by atoms with Crippen molar-refractivity contribution in [3.63, 3.8) is 0 Å². The maximum Gasteiger partial charge on any atom is 0.270 e. The Bertz CT molecular complexity index is 421. The van der Waals surface area contributed by atoms with Gasteiger partial charge in [-0.2, -0.15) is 0 Å². The van der Waals surface area contributed by atoms with Gasteiger partial charge in [0.05, 0.1) is 18.8 Å². The van der Waals surface area contributed by atoms with E-state index in [0.29, 0.717) is 18.8 Å². The quantitative estimate of drug-likeness (QED) is 0.919. The number of likely N-dealkylation sites (tertiary alicyclic amines) is 1. The second-order valence-corrected chi connectivity index (χ2v) is 5.31.